The summed E-state index contributed by atoms with van der Waals surface area (Å²) < 4.78 is 5.88. The van der Waals surface area contributed by atoms with Crippen LogP contribution in [0.25, 0.3) is 0 Å². The van der Waals surface area contributed by atoms with Crippen molar-refractivity contribution in [2.45, 2.75) is 238 Å². The van der Waals surface area contributed by atoms with Crippen LogP contribution in [0.1, 0.15) is 220 Å². The maximum atomic E-state index is 13.2. The number of hydrogen-bond acceptors (Lipinski definition) is 5. The largest absolute Gasteiger partial charge is 0.462 e. The predicted molar refractivity (Wildman–Crippen MR) is 277 cm³/mol. The summed E-state index contributed by atoms with van der Waals surface area (Å²) in [6.45, 7) is 6.30. The molecule has 0 aromatic carbocycles. The van der Waals surface area contributed by atoms with Crippen molar-refractivity contribution in [2.75, 3.05) is 6.61 Å². The molecule has 0 spiro atoms. The lowest BCUT2D eigenvalue weighted by Gasteiger charge is -2.24. The van der Waals surface area contributed by atoms with Gasteiger partial charge in [-0.25, -0.2) is 0 Å². The second-order valence-corrected chi connectivity index (χ2v) is 17.2. The third-order valence-corrected chi connectivity index (χ3v) is 11.2. The summed E-state index contributed by atoms with van der Waals surface area (Å²) in [5.41, 5.74) is 0. The van der Waals surface area contributed by atoms with Crippen LogP contribution < -0.4 is 5.32 Å². The number of carbonyl (C=O) groups excluding carboxylic acids is 2. The Bertz CT molecular complexity index is 1320. The first-order chi connectivity index (χ1) is 31.5. The quantitative estimate of drug-likeness (QED) is 0.0245. The predicted octanol–water partition coefficient (Wildman–Crippen LogP) is 15.9. The Morgan fingerprint density at radius 3 is 1.39 bits per heavy atom. The third kappa shape index (κ3) is 45.1. The van der Waals surface area contributed by atoms with Crippen LogP contribution in [0.15, 0.2) is 109 Å². The molecule has 0 saturated heterocycles. The zero-order chi connectivity index (χ0) is 46.7. The molecule has 0 aliphatic carbocycles. The van der Waals surface area contributed by atoms with Crippen molar-refractivity contribution in [3.05, 3.63) is 109 Å². The van der Waals surface area contributed by atoms with Gasteiger partial charge < -0.3 is 20.3 Å². The second kappa shape index (κ2) is 50.5. The van der Waals surface area contributed by atoms with Crippen molar-refractivity contribution in [3.63, 3.8) is 0 Å². The van der Waals surface area contributed by atoms with Crippen LogP contribution >= 0.6 is 0 Å². The Balaban J connectivity index is 4.80. The van der Waals surface area contributed by atoms with Gasteiger partial charge >= 0.3 is 5.97 Å². The molecule has 64 heavy (non-hydrogen) atoms. The van der Waals surface area contributed by atoms with E-state index >= 15 is 0 Å². The summed E-state index contributed by atoms with van der Waals surface area (Å²) >= 11 is 0. The zero-order valence-electron chi connectivity index (χ0n) is 41.4. The van der Waals surface area contributed by atoms with Crippen LogP contribution in [-0.4, -0.2) is 46.9 Å². The molecule has 6 heteroatoms. The molecule has 0 rings (SSSR count). The Morgan fingerprint density at radius 2 is 0.906 bits per heavy atom. The van der Waals surface area contributed by atoms with Gasteiger partial charge in [0.15, 0.2) is 0 Å². The standard InChI is InChI=1S/C58H97NO5/c1-4-7-10-13-16-19-22-24-26-28-29-30-32-34-36-39-42-45-48-51-58(63)64-54(49-46-43-40-37-35-33-31-27-25-23-20-17-14-11-8-5-2)52-57(62)59-55(53-60)56(61)50-47-44-41-38-21-18-15-12-9-6-3/h7,10,16,19,23-27,29-31,33-36,42,45,54-56,60-61H,4-6,8-9,11-15,17-18,20-22,28,32,37-41,43-44,46-53H2,1-3H3,(H,59,62)/b10-7-,19-16-,25-23+,26-24-,30-29-,31-27+,35-33+,36-34-,45-42-. The average molecular weight is 888 g/mol. The van der Waals surface area contributed by atoms with Gasteiger partial charge in [0.05, 0.1) is 25.2 Å². The number of carbonyl (C=O) groups is 2. The van der Waals surface area contributed by atoms with E-state index < -0.39 is 18.2 Å². The Morgan fingerprint density at radius 1 is 0.484 bits per heavy atom. The lowest BCUT2D eigenvalue weighted by Crippen LogP contribution is -2.46. The summed E-state index contributed by atoms with van der Waals surface area (Å²) in [5.74, 6) is -0.617. The molecule has 3 unspecified atom stereocenters. The van der Waals surface area contributed by atoms with Gasteiger partial charge in [-0.2, -0.15) is 0 Å². The molecule has 0 fully saturated rings. The van der Waals surface area contributed by atoms with Crippen molar-refractivity contribution in [1.29, 1.82) is 0 Å². The molecular formula is C58H97NO5. The van der Waals surface area contributed by atoms with Crippen LogP contribution in [0.3, 0.4) is 0 Å². The number of nitrogens with one attached hydrogen (secondary N) is 1. The molecule has 0 heterocycles. The fraction of sp³-hybridized carbons (Fsp3) is 0.655. The molecule has 0 aromatic heterocycles. The lowest BCUT2D eigenvalue weighted by atomic mass is 10.0. The highest BCUT2D eigenvalue weighted by Gasteiger charge is 2.24. The van der Waals surface area contributed by atoms with Crippen molar-refractivity contribution in [2.24, 2.45) is 0 Å². The van der Waals surface area contributed by atoms with Gasteiger partial charge in [0.2, 0.25) is 5.91 Å². The van der Waals surface area contributed by atoms with E-state index in [1.165, 1.54) is 77.0 Å². The van der Waals surface area contributed by atoms with Crippen LogP contribution in [-0.2, 0) is 14.3 Å². The topological polar surface area (TPSA) is 95.9 Å². The number of amides is 1. The minimum absolute atomic E-state index is 0.0179. The number of esters is 1. The molecule has 364 valence electrons. The Labute approximate surface area is 394 Å². The monoisotopic (exact) mass is 888 g/mol. The molecule has 3 atom stereocenters. The highest BCUT2D eigenvalue weighted by molar-refractivity contribution is 5.77. The fourth-order valence-corrected chi connectivity index (χ4v) is 7.22. The van der Waals surface area contributed by atoms with Crippen molar-refractivity contribution in [1.82, 2.24) is 5.32 Å². The van der Waals surface area contributed by atoms with Crippen LogP contribution in [0, 0.1) is 0 Å². The smallest absolute Gasteiger partial charge is 0.306 e. The number of allylic oxidation sites excluding steroid dienone is 18. The molecule has 6 nitrogen and oxygen atoms in total. The molecule has 0 bridgehead atoms. The average Bonchev–Trinajstić information content (AvgIpc) is 3.29. The SMILES string of the molecule is CC/C=C\C/C=C\C/C=C\C/C=C\C/C=C\C/C=C\CCC(=O)OC(CCCCC/C=C/C=C/C=C/CCCCCCC)CC(=O)NC(CO)C(O)CCCCCCCCCCCC. The Kier molecular flexibility index (Phi) is 47.8. The fourth-order valence-electron chi connectivity index (χ4n) is 7.22. The summed E-state index contributed by atoms with van der Waals surface area (Å²) in [4.78, 5) is 26.1. The van der Waals surface area contributed by atoms with Gasteiger partial charge in [-0.05, 0) is 89.9 Å². The summed E-state index contributed by atoms with van der Waals surface area (Å²) in [6.07, 6.45) is 68.7. The Hall–Kier alpha value is -3.48. The van der Waals surface area contributed by atoms with Crippen LogP contribution in [0.4, 0.5) is 0 Å². The normalized spacial score (nSPS) is 14.1. The number of rotatable bonds is 45. The van der Waals surface area contributed by atoms with E-state index in [4.69, 9.17) is 4.74 Å². The van der Waals surface area contributed by atoms with Gasteiger partial charge in [0.25, 0.3) is 0 Å². The molecular weight excluding hydrogens is 791 g/mol. The number of aliphatic hydroxyl groups excluding tert-OH is 2. The molecule has 1 amide bonds. The van der Waals surface area contributed by atoms with Gasteiger partial charge in [-0.15, -0.1) is 0 Å². The van der Waals surface area contributed by atoms with Crippen molar-refractivity contribution < 1.29 is 24.5 Å². The number of unbranched alkanes of at least 4 members (excludes halogenated alkanes) is 17. The van der Waals surface area contributed by atoms with E-state index in [1.54, 1.807) is 0 Å². The first-order valence-corrected chi connectivity index (χ1v) is 26.1. The summed E-state index contributed by atoms with van der Waals surface area (Å²) in [6, 6.07) is -0.734. The molecule has 0 aliphatic heterocycles. The lowest BCUT2D eigenvalue weighted by molar-refractivity contribution is -0.150. The number of hydrogen-bond donors (Lipinski definition) is 3. The van der Waals surface area contributed by atoms with E-state index in [1.807, 2.05) is 6.08 Å². The van der Waals surface area contributed by atoms with E-state index in [2.05, 4.69) is 129 Å². The first-order valence-electron chi connectivity index (χ1n) is 26.1. The van der Waals surface area contributed by atoms with E-state index in [9.17, 15) is 19.8 Å². The van der Waals surface area contributed by atoms with Crippen LogP contribution in [0.2, 0.25) is 0 Å². The van der Waals surface area contributed by atoms with Crippen molar-refractivity contribution >= 4 is 11.9 Å². The van der Waals surface area contributed by atoms with Gasteiger partial charge in [-0.3, -0.25) is 9.59 Å². The highest BCUT2D eigenvalue weighted by atomic mass is 16.5. The maximum Gasteiger partial charge on any atom is 0.306 e. The van der Waals surface area contributed by atoms with Gasteiger partial charge in [-0.1, -0.05) is 226 Å². The van der Waals surface area contributed by atoms with E-state index in [0.717, 1.165) is 89.9 Å². The number of ether oxygens (including phenoxy) is 1. The molecule has 0 aromatic rings. The molecule has 0 aliphatic rings. The van der Waals surface area contributed by atoms with Gasteiger partial charge in [0, 0.05) is 6.42 Å². The second-order valence-electron chi connectivity index (χ2n) is 17.2. The van der Waals surface area contributed by atoms with Gasteiger partial charge in [0.1, 0.15) is 6.10 Å². The minimum Gasteiger partial charge on any atom is -0.462 e. The summed E-state index contributed by atoms with van der Waals surface area (Å²) in [5, 5.41) is 23.7. The minimum atomic E-state index is -0.815. The summed E-state index contributed by atoms with van der Waals surface area (Å²) in [7, 11) is 0. The molecule has 0 saturated carbocycles. The van der Waals surface area contributed by atoms with Crippen LogP contribution in [0.5, 0.6) is 0 Å². The van der Waals surface area contributed by atoms with Crippen molar-refractivity contribution in [3.8, 4) is 0 Å². The maximum absolute atomic E-state index is 13.2. The highest BCUT2D eigenvalue weighted by Crippen LogP contribution is 2.16. The molecule has 3 N–H and O–H groups in total. The molecule has 0 radical (unpaired) electrons. The third-order valence-electron chi connectivity index (χ3n) is 11.2. The first kappa shape index (κ1) is 60.5. The zero-order valence-corrected chi connectivity index (χ0v) is 41.4. The number of aliphatic hydroxyl groups is 2. The van der Waals surface area contributed by atoms with E-state index in [0.29, 0.717) is 19.3 Å². The van der Waals surface area contributed by atoms with E-state index in [-0.39, 0.29) is 31.3 Å².